The number of halogens is 3. The molecule has 6 rings (SSSR count). The van der Waals surface area contributed by atoms with Gasteiger partial charge in [-0.1, -0.05) is 71.9 Å². The highest BCUT2D eigenvalue weighted by Gasteiger charge is 2.60. The van der Waals surface area contributed by atoms with Crippen LogP contribution in [0.4, 0.5) is 9.59 Å². The number of amidine groups is 1. The summed E-state index contributed by atoms with van der Waals surface area (Å²) in [5.74, 6) is 0.507. The SMILES string of the molecule is CCOc1cc(Cl)c(S(C)(=O)=O)cc1C1=NC(C)(c2ccc(Cl)cc2)C(C)(c2ccc(Cl)cc2)N1C(=O)N1CCC(NC(=O)NC2CCCC2)CC1. The lowest BCUT2D eigenvalue weighted by Crippen LogP contribution is -2.60. The average Bonchev–Trinajstić information content (AvgIpc) is 3.69. The molecule has 52 heavy (non-hydrogen) atoms. The molecule has 3 aromatic rings. The van der Waals surface area contributed by atoms with Gasteiger partial charge in [0.05, 0.1) is 22.1 Å². The largest absolute Gasteiger partial charge is 0.493 e. The molecular formula is C38H44Cl3N5O5S. The van der Waals surface area contributed by atoms with Crippen LogP contribution in [0.1, 0.15) is 76.0 Å². The number of hydrogen-bond donors (Lipinski definition) is 2. The zero-order valence-electron chi connectivity index (χ0n) is 29.7. The molecule has 10 nitrogen and oxygen atoms in total. The highest BCUT2D eigenvalue weighted by Crippen LogP contribution is 2.54. The van der Waals surface area contributed by atoms with E-state index >= 15 is 4.79 Å². The Hall–Kier alpha value is -3.51. The lowest BCUT2D eigenvalue weighted by molar-refractivity contribution is 0.0995. The number of hydrogen-bond acceptors (Lipinski definition) is 6. The van der Waals surface area contributed by atoms with Crippen molar-refractivity contribution < 1.29 is 22.7 Å². The number of amides is 4. The van der Waals surface area contributed by atoms with Crippen molar-refractivity contribution >= 4 is 62.5 Å². The van der Waals surface area contributed by atoms with E-state index in [-0.39, 0.29) is 52.3 Å². The molecule has 0 aromatic heterocycles. The van der Waals surface area contributed by atoms with E-state index in [2.05, 4.69) is 10.6 Å². The Labute approximate surface area is 320 Å². The standard InChI is InChI=1S/C38H44Cl3N5O5S/c1-5-51-32-23-31(41)33(52(4,49)50)22-30(32)34-44-37(2,24-10-14-26(39)15-11-24)38(3,25-12-16-27(40)17-13-25)46(34)36(48)45-20-18-29(19-21-45)43-35(47)42-28-8-6-7-9-28/h10-17,22-23,28-29H,5-9,18-21H2,1-4H3,(H2,42,43,47). The first-order valence-electron chi connectivity index (χ1n) is 17.6. The number of nitrogens with zero attached hydrogens (tertiary/aromatic N) is 3. The zero-order valence-corrected chi connectivity index (χ0v) is 32.8. The predicted octanol–water partition coefficient (Wildman–Crippen LogP) is 8.17. The van der Waals surface area contributed by atoms with E-state index in [1.807, 2.05) is 45.0 Å². The van der Waals surface area contributed by atoms with Crippen molar-refractivity contribution in [3.8, 4) is 5.75 Å². The smallest absolute Gasteiger partial charge is 0.326 e. The second kappa shape index (κ2) is 15.1. The van der Waals surface area contributed by atoms with Gasteiger partial charge < -0.3 is 20.3 Å². The van der Waals surface area contributed by atoms with Crippen LogP contribution in [0.2, 0.25) is 15.1 Å². The fourth-order valence-electron chi connectivity index (χ4n) is 7.68. The molecule has 3 aromatic carbocycles. The molecule has 0 spiro atoms. The third-order valence-corrected chi connectivity index (χ3v) is 12.8. The van der Waals surface area contributed by atoms with Crippen LogP contribution in [0, 0.1) is 0 Å². The van der Waals surface area contributed by atoms with E-state index in [0.29, 0.717) is 41.5 Å². The summed E-state index contributed by atoms with van der Waals surface area (Å²) in [6, 6.07) is 17.1. The summed E-state index contributed by atoms with van der Waals surface area (Å²) >= 11 is 19.3. The van der Waals surface area contributed by atoms with Gasteiger partial charge in [0.25, 0.3) is 0 Å². The van der Waals surface area contributed by atoms with Crippen LogP contribution in [0.3, 0.4) is 0 Å². The molecule has 2 N–H and O–H groups in total. The molecule has 2 aliphatic heterocycles. The van der Waals surface area contributed by atoms with Gasteiger partial charge >= 0.3 is 12.1 Å². The van der Waals surface area contributed by atoms with Gasteiger partial charge in [-0.05, 0) is 87.9 Å². The molecule has 2 unspecified atom stereocenters. The van der Waals surface area contributed by atoms with Crippen molar-refractivity contribution in [1.82, 2.24) is 20.4 Å². The van der Waals surface area contributed by atoms with Crippen molar-refractivity contribution in [2.45, 2.75) is 87.4 Å². The molecule has 0 bridgehead atoms. The van der Waals surface area contributed by atoms with Crippen molar-refractivity contribution in [3.05, 3.63) is 92.4 Å². The molecule has 1 saturated carbocycles. The van der Waals surface area contributed by atoms with Crippen LogP contribution >= 0.6 is 34.8 Å². The van der Waals surface area contributed by atoms with Crippen LogP contribution in [0.5, 0.6) is 5.75 Å². The zero-order chi connectivity index (χ0) is 37.4. The maximum atomic E-state index is 15.2. The van der Waals surface area contributed by atoms with E-state index in [4.69, 9.17) is 44.5 Å². The van der Waals surface area contributed by atoms with Gasteiger partial charge in [0, 0.05) is 47.5 Å². The normalized spacial score (nSPS) is 22.7. The lowest BCUT2D eigenvalue weighted by Gasteiger charge is -2.47. The fraction of sp³-hybridized carbons (Fsp3) is 0.447. The first kappa shape index (κ1) is 38.2. The van der Waals surface area contributed by atoms with Gasteiger partial charge in [0.2, 0.25) is 0 Å². The van der Waals surface area contributed by atoms with Gasteiger partial charge in [-0.15, -0.1) is 0 Å². The molecular weight excluding hydrogens is 745 g/mol. The Bertz CT molecular complexity index is 1960. The summed E-state index contributed by atoms with van der Waals surface area (Å²) in [4.78, 5) is 36.7. The maximum absolute atomic E-state index is 15.2. The Morgan fingerprint density at radius 3 is 1.94 bits per heavy atom. The molecule has 4 amide bonds. The molecule has 278 valence electrons. The first-order chi connectivity index (χ1) is 24.7. The van der Waals surface area contributed by atoms with Crippen LogP contribution in [0.25, 0.3) is 0 Å². The Balaban J connectivity index is 1.46. The number of carbonyl (C=O) groups is 2. The summed E-state index contributed by atoms with van der Waals surface area (Å²) < 4.78 is 32.1. The molecule has 1 aliphatic carbocycles. The Morgan fingerprint density at radius 2 is 1.40 bits per heavy atom. The maximum Gasteiger partial charge on any atom is 0.326 e. The molecule has 3 aliphatic rings. The number of piperidine rings is 1. The second-order valence-corrected chi connectivity index (χ2v) is 17.3. The van der Waals surface area contributed by atoms with Gasteiger partial charge in [-0.2, -0.15) is 0 Å². The number of benzene rings is 3. The minimum atomic E-state index is -3.80. The van der Waals surface area contributed by atoms with Crippen LogP contribution < -0.4 is 15.4 Å². The number of aliphatic imine (C=N–C) groups is 1. The van der Waals surface area contributed by atoms with Crippen molar-refractivity contribution in [2.24, 2.45) is 4.99 Å². The molecule has 2 fully saturated rings. The third-order valence-electron chi connectivity index (χ3n) is 10.7. The van der Waals surface area contributed by atoms with Gasteiger partial charge in [0.15, 0.2) is 9.84 Å². The first-order valence-corrected chi connectivity index (χ1v) is 20.6. The quantitative estimate of drug-likeness (QED) is 0.239. The van der Waals surface area contributed by atoms with Gasteiger partial charge in [0.1, 0.15) is 22.7 Å². The van der Waals surface area contributed by atoms with Gasteiger partial charge in [-0.3, -0.25) is 9.89 Å². The minimum absolute atomic E-state index is 0.00126. The summed E-state index contributed by atoms with van der Waals surface area (Å²) in [7, 11) is -3.80. The van der Waals surface area contributed by atoms with Crippen LogP contribution in [-0.2, 0) is 20.9 Å². The number of likely N-dealkylation sites (tertiary alicyclic amines) is 1. The van der Waals surface area contributed by atoms with E-state index < -0.39 is 20.9 Å². The Morgan fingerprint density at radius 1 is 0.865 bits per heavy atom. The molecule has 1 saturated heterocycles. The topological polar surface area (TPSA) is 120 Å². The monoisotopic (exact) mass is 787 g/mol. The number of carbonyl (C=O) groups excluding carboxylic acids is 2. The highest BCUT2D eigenvalue weighted by atomic mass is 35.5. The van der Waals surface area contributed by atoms with Crippen LogP contribution in [0.15, 0.2) is 70.6 Å². The number of rotatable bonds is 8. The third kappa shape index (κ3) is 7.34. The summed E-state index contributed by atoms with van der Waals surface area (Å²) in [5.41, 5.74) is -0.505. The molecule has 14 heteroatoms. The molecule has 2 heterocycles. The molecule has 2 atom stereocenters. The number of sulfone groups is 1. The summed E-state index contributed by atoms with van der Waals surface area (Å²) in [6.45, 7) is 6.71. The van der Waals surface area contributed by atoms with Crippen molar-refractivity contribution in [3.63, 3.8) is 0 Å². The number of nitrogens with one attached hydrogen (secondary N) is 2. The van der Waals surface area contributed by atoms with Crippen molar-refractivity contribution in [2.75, 3.05) is 26.0 Å². The van der Waals surface area contributed by atoms with Crippen LogP contribution in [-0.4, -0.2) is 74.2 Å². The summed E-state index contributed by atoms with van der Waals surface area (Å²) in [6.07, 6.45) is 6.42. The average molecular weight is 789 g/mol. The van der Waals surface area contributed by atoms with E-state index in [1.165, 1.54) is 12.1 Å². The highest BCUT2D eigenvalue weighted by molar-refractivity contribution is 7.90. The minimum Gasteiger partial charge on any atom is -0.493 e. The lowest BCUT2D eigenvalue weighted by atomic mass is 9.71. The van der Waals surface area contributed by atoms with Crippen molar-refractivity contribution in [1.29, 1.82) is 0 Å². The predicted molar refractivity (Wildman–Crippen MR) is 206 cm³/mol. The number of urea groups is 2. The van der Waals surface area contributed by atoms with E-state index in [0.717, 1.165) is 43.1 Å². The fourth-order valence-corrected chi connectivity index (χ4v) is 9.25. The van der Waals surface area contributed by atoms with E-state index in [1.54, 1.807) is 34.1 Å². The number of ether oxygens (including phenoxy) is 1. The Kier molecular flexibility index (Phi) is 11.1. The van der Waals surface area contributed by atoms with Gasteiger partial charge in [-0.25, -0.2) is 18.0 Å². The molecule has 0 radical (unpaired) electrons. The van der Waals surface area contributed by atoms with E-state index in [9.17, 15) is 13.2 Å². The summed E-state index contributed by atoms with van der Waals surface area (Å²) in [5, 5.41) is 7.26. The second-order valence-electron chi connectivity index (χ2n) is 14.1.